The van der Waals surface area contributed by atoms with Crippen LogP contribution in [-0.4, -0.2) is 25.2 Å². The monoisotopic (exact) mass is 270 g/mol. The Morgan fingerprint density at radius 1 is 1.50 bits per heavy atom. The van der Waals surface area contributed by atoms with Crippen molar-refractivity contribution < 1.29 is 4.39 Å². The molecule has 0 amide bonds. The Labute approximate surface area is 113 Å². The summed E-state index contributed by atoms with van der Waals surface area (Å²) in [5.74, 6) is -0.279. The van der Waals surface area contributed by atoms with Gasteiger partial charge in [0.1, 0.15) is 5.82 Å². The van der Waals surface area contributed by atoms with E-state index in [4.69, 9.17) is 11.6 Å². The van der Waals surface area contributed by atoms with Crippen molar-refractivity contribution in [1.82, 2.24) is 5.32 Å². The highest BCUT2D eigenvalue weighted by Crippen LogP contribution is 2.31. The maximum Gasteiger partial charge on any atom is 0.124 e. The van der Waals surface area contributed by atoms with Gasteiger partial charge in [0.25, 0.3) is 0 Å². The topological polar surface area (TPSA) is 15.3 Å². The second-order valence-corrected chi connectivity index (χ2v) is 5.32. The molecule has 0 bridgehead atoms. The van der Waals surface area contributed by atoms with Gasteiger partial charge in [0.05, 0.1) is 10.7 Å². The summed E-state index contributed by atoms with van der Waals surface area (Å²) in [6, 6.07) is 5.65. The molecule has 1 aliphatic rings. The first-order chi connectivity index (χ1) is 8.61. The number of anilines is 1. The molecule has 0 radical (unpaired) electrons. The third-order valence-electron chi connectivity index (χ3n) is 3.59. The summed E-state index contributed by atoms with van der Waals surface area (Å²) in [7, 11) is 0. The Kier molecular flexibility index (Phi) is 4.46. The van der Waals surface area contributed by atoms with E-state index in [9.17, 15) is 4.39 Å². The van der Waals surface area contributed by atoms with Crippen molar-refractivity contribution in [2.45, 2.75) is 38.8 Å². The smallest absolute Gasteiger partial charge is 0.124 e. The number of nitrogens with zero attached hydrogens (tertiary/aromatic N) is 1. The van der Waals surface area contributed by atoms with Gasteiger partial charge >= 0.3 is 0 Å². The number of hydrogen-bond donors (Lipinski definition) is 1. The Morgan fingerprint density at radius 3 is 2.89 bits per heavy atom. The lowest BCUT2D eigenvalue weighted by molar-refractivity contribution is 0.374. The summed E-state index contributed by atoms with van der Waals surface area (Å²) in [5.41, 5.74) is 0.945. The number of piperidine rings is 1. The van der Waals surface area contributed by atoms with Crippen molar-refractivity contribution in [3.05, 3.63) is 29.0 Å². The Balaban J connectivity index is 2.10. The molecule has 2 rings (SSSR count). The third kappa shape index (κ3) is 2.96. The summed E-state index contributed by atoms with van der Waals surface area (Å²) < 4.78 is 13.1. The lowest BCUT2D eigenvalue weighted by atomic mass is 9.97. The quantitative estimate of drug-likeness (QED) is 0.905. The van der Waals surface area contributed by atoms with Gasteiger partial charge in [-0.3, -0.25) is 0 Å². The molecule has 100 valence electrons. The standard InChI is InChI=1S/C14H20ClFN2/c1-3-17-12-6-7-18(10(2)8-12)14-5-4-11(16)9-13(14)15/h4-5,9-10,12,17H,3,6-8H2,1-2H3. The van der Waals surface area contributed by atoms with Crippen LogP contribution in [0.3, 0.4) is 0 Å². The Bertz CT molecular complexity index is 411. The molecular formula is C14H20ClFN2. The van der Waals surface area contributed by atoms with Crippen LogP contribution < -0.4 is 10.2 Å². The molecule has 0 aliphatic carbocycles. The molecule has 1 saturated heterocycles. The van der Waals surface area contributed by atoms with Gasteiger partial charge in [-0.15, -0.1) is 0 Å². The number of rotatable bonds is 3. The van der Waals surface area contributed by atoms with Crippen LogP contribution in [0, 0.1) is 5.82 Å². The van der Waals surface area contributed by atoms with Gasteiger partial charge in [0.15, 0.2) is 0 Å². The molecular weight excluding hydrogens is 251 g/mol. The molecule has 1 fully saturated rings. The minimum Gasteiger partial charge on any atom is -0.368 e. The fourth-order valence-electron chi connectivity index (χ4n) is 2.72. The molecule has 1 aromatic rings. The molecule has 0 spiro atoms. The van der Waals surface area contributed by atoms with Crippen molar-refractivity contribution >= 4 is 17.3 Å². The number of benzene rings is 1. The Morgan fingerprint density at radius 2 is 2.28 bits per heavy atom. The van der Waals surface area contributed by atoms with E-state index in [0.717, 1.165) is 31.6 Å². The van der Waals surface area contributed by atoms with Gasteiger partial charge in [0.2, 0.25) is 0 Å². The van der Waals surface area contributed by atoms with E-state index in [1.807, 2.05) is 0 Å². The van der Waals surface area contributed by atoms with Crippen molar-refractivity contribution in [3.63, 3.8) is 0 Å². The van der Waals surface area contributed by atoms with Crippen LogP contribution in [0.1, 0.15) is 26.7 Å². The largest absolute Gasteiger partial charge is 0.368 e. The van der Waals surface area contributed by atoms with E-state index in [-0.39, 0.29) is 5.82 Å². The second-order valence-electron chi connectivity index (χ2n) is 4.92. The molecule has 2 nitrogen and oxygen atoms in total. The van der Waals surface area contributed by atoms with Gasteiger partial charge in [-0.05, 0) is 44.5 Å². The van der Waals surface area contributed by atoms with Crippen LogP contribution in [0.2, 0.25) is 5.02 Å². The lowest BCUT2D eigenvalue weighted by Gasteiger charge is -2.40. The average molecular weight is 271 g/mol. The molecule has 1 heterocycles. The van der Waals surface area contributed by atoms with E-state index < -0.39 is 0 Å². The first-order valence-electron chi connectivity index (χ1n) is 6.57. The van der Waals surface area contributed by atoms with Crippen molar-refractivity contribution in [3.8, 4) is 0 Å². The van der Waals surface area contributed by atoms with Gasteiger partial charge in [-0.1, -0.05) is 18.5 Å². The summed E-state index contributed by atoms with van der Waals surface area (Å²) in [6.45, 7) is 6.30. The number of nitrogens with one attached hydrogen (secondary N) is 1. The van der Waals surface area contributed by atoms with E-state index >= 15 is 0 Å². The molecule has 4 heteroatoms. The van der Waals surface area contributed by atoms with Crippen LogP contribution in [0.15, 0.2) is 18.2 Å². The molecule has 0 saturated carbocycles. The minimum atomic E-state index is -0.279. The van der Waals surface area contributed by atoms with Crippen molar-refractivity contribution in [2.24, 2.45) is 0 Å². The summed E-state index contributed by atoms with van der Waals surface area (Å²) >= 11 is 6.13. The fraction of sp³-hybridized carbons (Fsp3) is 0.571. The highest BCUT2D eigenvalue weighted by atomic mass is 35.5. The molecule has 2 unspecified atom stereocenters. The fourth-order valence-corrected chi connectivity index (χ4v) is 2.99. The van der Waals surface area contributed by atoms with Crippen LogP contribution in [0.5, 0.6) is 0 Å². The average Bonchev–Trinajstić information content (AvgIpc) is 2.31. The lowest BCUT2D eigenvalue weighted by Crippen LogP contribution is -2.47. The predicted molar refractivity (Wildman–Crippen MR) is 74.9 cm³/mol. The van der Waals surface area contributed by atoms with Crippen molar-refractivity contribution in [2.75, 3.05) is 18.0 Å². The first-order valence-corrected chi connectivity index (χ1v) is 6.94. The SMILES string of the molecule is CCNC1CCN(c2ccc(F)cc2Cl)C(C)C1. The van der Waals surface area contributed by atoms with E-state index in [0.29, 0.717) is 17.1 Å². The molecule has 0 aromatic heterocycles. The zero-order valence-electron chi connectivity index (χ0n) is 10.9. The highest BCUT2D eigenvalue weighted by Gasteiger charge is 2.26. The maximum absolute atomic E-state index is 13.1. The van der Waals surface area contributed by atoms with E-state index in [2.05, 4.69) is 24.1 Å². The van der Waals surface area contributed by atoms with E-state index in [1.54, 1.807) is 6.07 Å². The summed E-state index contributed by atoms with van der Waals surface area (Å²) in [4.78, 5) is 2.27. The molecule has 1 aromatic carbocycles. The Hall–Kier alpha value is -0.800. The summed E-state index contributed by atoms with van der Waals surface area (Å²) in [5, 5.41) is 3.99. The van der Waals surface area contributed by atoms with Crippen molar-refractivity contribution in [1.29, 1.82) is 0 Å². The molecule has 18 heavy (non-hydrogen) atoms. The zero-order chi connectivity index (χ0) is 13.1. The predicted octanol–water partition coefficient (Wildman–Crippen LogP) is 3.45. The van der Waals surface area contributed by atoms with Gasteiger partial charge < -0.3 is 10.2 Å². The summed E-state index contributed by atoms with van der Waals surface area (Å²) in [6.07, 6.45) is 2.20. The number of hydrogen-bond acceptors (Lipinski definition) is 2. The zero-order valence-corrected chi connectivity index (χ0v) is 11.7. The van der Waals surface area contributed by atoms with Crippen LogP contribution >= 0.6 is 11.6 Å². The second kappa shape index (κ2) is 5.89. The molecule has 1 aliphatic heterocycles. The molecule has 1 N–H and O–H groups in total. The van der Waals surface area contributed by atoms with Gasteiger partial charge in [-0.2, -0.15) is 0 Å². The van der Waals surface area contributed by atoms with Crippen LogP contribution in [-0.2, 0) is 0 Å². The van der Waals surface area contributed by atoms with Crippen LogP contribution in [0.4, 0.5) is 10.1 Å². The van der Waals surface area contributed by atoms with Gasteiger partial charge in [0, 0.05) is 18.6 Å². The minimum absolute atomic E-state index is 0.279. The maximum atomic E-state index is 13.1. The van der Waals surface area contributed by atoms with E-state index in [1.165, 1.54) is 12.1 Å². The normalized spacial score (nSPS) is 24.3. The van der Waals surface area contributed by atoms with Crippen LogP contribution in [0.25, 0.3) is 0 Å². The first kappa shape index (κ1) is 13.6. The molecule has 2 atom stereocenters. The highest BCUT2D eigenvalue weighted by molar-refractivity contribution is 6.33. The third-order valence-corrected chi connectivity index (χ3v) is 3.89. The van der Waals surface area contributed by atoms with Gasteiger partial charge in [-0.25, -0.2) is 4.39 Å². The number of halogens is 2.